The zero-order chi connectivity index (χ0) is 23.0. The molecule has 2 aliphatic rings. The Kier molecular flexibility index (Phi) is 3.50. The molecular formula is C29H12N4O. The third kappa shape index (κ3) is 2.13. The molecule has 0 fully saturated rings. The molecule has 5 aromatic rings. The second kappa shape index (κ2) is 6.45. The van der Waals surface area contributed by atoms with E-state index in [4.69, 9.17) is 6.57 Å². The van der Waals surface area contributed by atoms with E-state index in [-0.39, 0.29) is 11.5 Å². The third-order valence-corrected chi connectivity index (χ3v) is 6.75. The fraction of sp³-hybridized carbons (Fsp3) is 0. The van der Waals surface area contributed by atoms with Gasteiger partial charge in [0.2, 0.25) is 0 Å². The molecule has 154 valence electrons. The smallest absolute Gasteiger partial charge is 0.271 e. The van der Waals surface area contributed by atoms with Crippen LogP contribution in [0.25, 0.3) is 54.3 Å². The van der Waals surface area contributed by atoms with Gasteiger partial charge in [0, 0.05) is 22.3 Å². The van der Waals surface area contributed by atoms with Gasteiger partial charge in [0.15, 0.2) is 5.78 Å². The molecule has 0 spiro atoms. The Labute approximate surface area is 194 Å². The fourth-order valence-electron chi connectivity index (χ4n) is 5.36. The summed E-state index contributed by atoms with van der Waals surface area (Å²) in [4.78, 5) is 17.3. The van der Waals surface area contributed by atoms with E-state index in [2.05, 4.69) is 15.0 Å². The number of ketones is 1. The first-order chi connectivity index (χ1) is 16.7. The van der Waals surface area contributed by atoms with Gasteiger partial charge in [-0.1, -0.05) is 66.7 Å². The number of hydrogen-bond donors (Lipinski definition) is 0. The van der Waals surface area contributed by atoms with Crippen LogP contribution in [0.1, 0.15) is 27.2 Å². The van der Waals surface area contributed by atoms with Gasteiger partial charge in [0.25, 0.3) is 5.70 Å². The maximum Gasteiger partial charge on any atom is 0.271 e. The van der Waals surface area contributed by atoms with Crippen LogP contribution in [0.3, 0.4) is 0 Å². The van der Waals surface area contributed by atoms with E-state index in [1.807, 2.05) is 78.9 Å². The van der Waals surface area contributed by atoms with Gasteiger partial charge in [-0.3, -0.25) is 4.79 Å². The van der Waals surface area contributed by atoms with Crippen LogP contribution in [0, 0.1) is 17.9 Å². The zero-order valence-corrected chi connectivity index (χ0v) is 17.6. The molecule has 0 unspecified atom stereocenters. The largest absolute Gasteiger partial charge is 0.288 e. The average molecular weight is 432 g/mol. The number of aromatic nitrogens is 2. The van der Waals surface area contributed by atoms with Crippen LogP contribution in [0.15, 0.2) is 78.5 Å². The van der Waals surface area contributed by atoms with Gasteiger partial charge < -0.3 is 0 Å². The van der Waals surface area contributed by atoms with Gasteiger partial charge in [0.1, 0.15) is 5.69 Å². The summed E-state index contributed by atoms with van der Waals surface area (Å²) >= 11 is 0. The summed E-state index contributed by atoms with van der Waals surface area (Å²) in [5, 5.41) is 22.7. The fourth-order valence-corrected chi connectivity index (χ4v) is 5.36. The molecule has 0 radical (unpaired) electrons. The first-order valence-electron chi connectivity index (χ1n) is 10.7. The normalized spacial score (nSPS) is 14.2. The van der Waals surface area contributed by atoms with E-state index < -0.39 is 0 Å². The van der Waals surface area contributed by atoms with Crippen molar-refractivity contribution in [1.82, 2.24) is 10.2 Å². The topological polar surface area (TPSA) is 71.0 Å². The van der Waals surface area contributed by atoms with Gasteiger partial charge in [0.05, 0.1) is 23.9 Å². The van der Waals surface area contributed by atoms with Crippen molar-refractivity contribution in [1.29, 1.82) is 5.26 Å². The molecule has 7 rings (SSSR count). The highest BCUT2D eigenvalue weighted by molar-refractivity contribution is 6.30. The molecular weight excluding hydrogens is 420 g/mol. The Morgan fingerprint density at radius 1 is 0.735 bits per heavy atom. The molecule has 34 heavy (non-hydrogen) atoms. The first-order valence-corrected chi connectivity index (χ1v) is 10.7. The van der Waals surface area contributed by atoms with Crippen molar-refractivity contribution in [2.45, 2.75) is 0 Å². The predicted octanol–water partition coefficient (Wildman–Crippen LogP) is 6.18. The molecule has 5 nitrogen and oxygen atoms in total. The number of carbonyl (C=O) groups excluding carboxylic acids is 1. The molecule has 0 N–H and O–H groups in total. The Morgan fingerprint density at radius 2 is 1.35 bits per heavy atom. The summed E-state index contributed by atoms with van der Waals surface area (Å²) in [5.41, 5.74) is 5.46. The Bertz CT molecular complexity index is 1880. The van der Waals surface area contributed by atoms with E-state index in [0.717, 1.165) is 38.2 Å². The van der Waals surface area contributed by atoms with Gasteiger partial charge in [-0.25, -0.2) is 10.1 Å². The van der Waals surface area contributed by atoms with Crippen molar-refractivity contribution in [2.24, 2.45) is 0 Å². The van der Waals surface area contributed by atoms with Crippen molar-refractivity contribution in [3.63, 3.8) is 0 Å². The summed E-state index contributed by atoms with van der Waals surface area (Å²) < 4.78 is 0. The SMILES string of the molecule is [C-]#[N+]/C(C#N)=C1\c2ccc3ccccc3c2-c2c1nnc1c2C(=O)c2ccc3ccccc3c2-1. The van der Waals surface area contributed by atoms with Gasteiger partial charge >= 0.3 is 0 Å². The van der Waals surface area contributed by atoms with Crippen LogP contribution >= 0.6 is 0 Å². The number of nitrogens with zero attached hydrogens (tertiary/aromatic N) is 4. The van der Waals surface area contributed by atoms with Gasteiger partial charge in [-0.2, -0.15) is 5.10 Å². The highest BCUT2D eigenvalue weighted by Crippen LogP contribution is 2.53. The molecule has 0 atom stereocenters. The van der Waals surface area contributed by atoms with Crippen LogP contribution in [0.2, 0.25) is 0 Å². The quantitative estimate of drug-likeness (QED) is 0.212. The molecule has 1 heterocycles. The van der Waals surface area contributed by atoms with E-state index in [1.54, 1.807) is 0 Å². The highest BCUT2D eigenvalue weighted by Gasteiger charge is 2.40. The van der Waals surface area contributed by atoms with Crippen molar-refractivity contribution >= 4 is 32.9 Å². The summed E-state index contributed by atoms with van der Waals surface area (Å²) in [6.45, 7) is 7.59. The van der Waals surface area contributed by atoms with E-state index in [1.165, 1.54) is 0 Å². The second-order valence-corrected chi connectivity index (χ2v) is 8.34. The number of rotatable bonds is 0. The van der Waals surface area contributed by atoms with Crippen LogP contribution in [0.5, 0.6) is 0 Å². The molecule has 5 heteroatoms. The molecule has 0 saturated heterocycles. The van der Waals surface area contributed by atoms with E-state index in [0.29, 0.717) is 33.7 Å². The Balaban J connectivity index is 1.69. The second-order valence-electron chi connectivity index (χ2n) is 8.34. The lowest BCUT2D eigenvalue weighted by molar-refractivity contribution is 0.104. The van der Waals surface area contributed by atoms with Gasteiger partial charge in [-0.15, -0.1) is 5.10 Å². The maximum atomic E-state index is 13.8. The summed E-state index contributed by atoms with van der Waals surface area (Å²) in [5.74, 6) is -0.108. The number of hydrogen-bond acceptors (Lipinski definition) is 4. The van der Waals surface area contributed by atoms with Crippen molar-refractivity contribution in [3.05, 3.63) is 112 Å². The molecule has 4 aromatic carbocycles. The predicted molar refractivity (Wildman–Crippen MR) is 130 cm³/mol. The van der Waals surface area contributed by atoms with Crippen molar-refractivity contribution < 1.29 is 4.79 Å². The number of nitriles is 1. The van der Waals surface area contributed by atoms with Crippen LogP contribution in [0.4, 0.5) is 0 Å². The highest BCUT2D eigenvalue weighted by atomic mass is 16.1. The summed E-state index contributed by atoms with van der Waals surface area (Å²) in [7, 11) is 0. The first kappa shape index (κ1) is 18.4. The Morgan fingerprint density at radius 3 is 2.03 bits per heavy atom. The maximum absolute atomic E-state index is 13.8. The average Bonchev–Trinajstić information content (AvgIpc) is 3.38. The third-order valence-electron chi connectivity index (χ3n) is 6.75. The molecule has 0 aliphatic heterocycles. The lowest BCUT2D eigenvalue weighted by atomic mass is 9.94. The number of carbonyl (C=O) groups is 1. The molecule has 0 saturated carbocycles. The minimum Gasteiger partial charge on any atom is -0.288 e. The lowest BCUT2D eigenvalue weighted by Gasteiger charge is -2.09. The van der Waals surface area contributed by atoms with Gasteiger partial charge in [-0.05, 0) is 38.7 Å². The standard InChI is InChI=1S/C29H12N4O/c1-31-21(14-30)24-19-12-10-15-6-2-4-8-17(15)22(19)25-26-27(32-33-28(24)25)23-18-9-5-3-7-16(18)11-13-20(23)29(26)34/h2-13H/b24-21+. The minimum absolute atomic E-state index is 0.0575. The van der Waals surface area contributed by atoms with Crippen molar-refractivity contribution in [2.75, 3.05) is 0 Å². The number of allylic oxidation sites excluding steroid dienone is 1. The molecule has 1 aromatic heterocycles. The van der Waals surface area contributed by atoms with Crippen LogP contribution < -0.4 is 0 Å². The lowest BCUT2D eigenvalue weighted by Crippen LogP contribution is -2.02. The Hall–Kier alpha value is -5.13. The molecule has 0 amide bonds. The summed E-state index contributed by atoms with van der Waals surface area (Å²) in [6.07, 6.45) is 0. The summed E-state index contributed by atoms with van der Waals surface area (Å²) in [6, 6.07) is 25.5. The monoisotopic (exact) mass is 432 g/mol. The number of fused-ring (bicyclic) bond motifs is 11. The van der Waals surface area contributed by atoms with Crippen LogP contribution in [-0.4, -0.2) is 16.0 Å². The van der Waals surface area contributed by atoms with Crippen LogP contribution in [-0.2, 0) is 0 Å². The zero-order valence-electron chi connectivity index (χ0n) is 17.6. The molecule has 2 aliphatic carbocycles. The van der Waals surface area contributed by atoms with E-state index >= 15 is 0 Å². The number of benzene rings is 4. The minimum atomic E-state index is -0.108. The van der Waals surface area contributed by atoms with E-state index in [9.17, 15) is 10.1 Å². The molecule has 0 bridgehead atoms. The van der Waals surface area contributed by atoms with Crippen molar-refractivity contribution in [3.8, 4) is 28.5 Å².